The quantitative estimate of drug-likeness (QED) is 0.369. The molecule has 2 aliphatic carbocycles. The molecule has 1 saturated heterocycles. The van der Waals surface area contributed by atoms with Crippen LogP contribution in [0.4, 0.5) is 0 Å². The highest BCUT2D eigenvalue weighted by Gasteiger charge is 2.41. The number of rotatable bonds is 6. The smallest absolute Gasteiger partial charge is 0.0636 e. The Morgan fingerprint density at radius 3 is 1.53 bits per heavy atom. The summed E-state index contributed by atoms with van der Waals surface area (Å²) >= 11 is 0. The largest absolute Gasteiger partial charge is 0.370 e. The van der Waals surface area contributed by atoms with Crippen molar-refractivity contribution in [3.05, 3.63) is 0 Å². The van der Waals surface area contributed by atoms with Crippen molar-refractivity contribution < 1.29 is 4.74 Å². The third kappa shape index (κ3) is 8.63. The molecule has 0 N–H and O–H groups in total. The summed E-state index contributed by atoms with van der Waals surface area (Å²) in [5, 5.41) is 0. The molecule has 0 radical (unpaired) electrons. The van der Waals surface area contributed by atoms with Crippen molar-refractivity contribution in [2.45, 2.75) is 162 Å². The lowest BCUT2D eigenvalue weighted by atomic mass is 9.72. The lowest BCUT2D eigenvalue weighted by Gasteiger charge is -2.47. The molecule has 188 valence electrons. The van der Waals surface area contributed by atoms with Gasteiger partial charge in [0.2, 0.25) is 0 Å². The SMILES string of the molecule is CC(CC1CCCCCC1)C1CCCCC(CC(C)C2CC(C)(C)OC(C)(C)C2)CCC1. The Bertz CT molecular complexity index is 511. The van der Waals surface area contributed by atoms with Gasteiger partial charge in [0.05, 0.1) is 11.2 Å². The van der Waals surface area contributed by atoms with Gasteiger partial charge in [-0.2, -0.15) is 0 Å². The first-order chi connectivity index (χ1) is 15.1. The Balaban J connectivity index is 1.46. The molecule has 0 spiro atoms. The molecule has 3 fully saturated rings. The van der Waals surface area contributed by atoms with Crippen molar-refractivity contribution in [3.8, 4) is 0 Å². The van der Waals surface area contributed by atoms with E-state index in [1.165, 1.54) is 109 Å². The molecule has 2 saturated carbocycles. The molecule has 1 heteroatoms. The molecule has 0 amide bonds. The second kappa shape index (κ2) is 12.1. The van der Waals surface area contributed by atoms with E-state index in [1.54, 1.807) is 0 Å². The zero-order valence-electron chi connectivity index (χ0n) is 22.9. The van der Waals surface area contributed by atoms with Crippen LogP contribution in [-0.4, -0.2) is 11.2 Å². The highest BCUT2D eigenvalue weighted by Crippen LogP contribution is 2.44. The number of ether oxygens (including phenoxy) is 1. The van der Waals surface area contributed by atoms with Crippen molar-refractivity contribution >= 4 is 0 Å². The molecule has 0 aromatic rings. The minimum absolute atomic E-state index is 0.0415. The molecule has 3 rings (SSSR count). The van der Waals surface area contributed by atoms with Crippen molar-refractivity contribution in [1.82, 2.24) is 0 Å². The predicted molar refractivity (Wildman–Crippen MR) is 140 cm³/mol. The van der Waals surface area contributed by atoms with Gasteiger partial charge in [0.1, 0.15) is 0 Å². The topological polar surface area (TPSA) is 9.23 Å². The second-order valence-corrected chi connectivity index (χ2v) is 13.9. The van der Waals surface area contributed by atoms with Gasteiger partial charge in [-0.25, -0.2) is 0 Å². The molecule has 0 aromatic heterocycles. The van der Waals surface area contributed by atoms with E-state index in [0.29, 0.717) is 0 Å². The van der Waals surface area contributed by atoms with E-state index in [1.807, 2.05) is 0 Å². The first-order valence-electron chi connectivity index (χ1n) is 14.8. The maximum absolute atomic E-state index is 6.38. The first kappa shape index (κ1) is 26.6. The van der Waals surface area contributed by atoms with Crippen LogP contribution in [0.5, 0.6) is 0 Å². The maximum Gasteiger partial charge on any atom is 0.0636 e. The van der Waals surface area contributed by atoms with Gasteiger partial charge < -0.3 is 4.74 Å². The Labute approximate surface area is 202 Å². The van der Waals surface area contributed by atoms with Gasteiger partial charge in [-0.15, -0.1) is 0 Å². The first-order valence-corrected chi connectivity index (χ1v) is 14.8. The van der Waals surface area contributed by atoms with Crippen LogP contribution in [-0.2, 0) is 4.74 Å². The van der Waals surface area contributed by atoms with Gasteiger partial charge in [-0.05, 0) is 88.9 Å². The summed E-state index contributed by atoms with van der Waals surface area (Å²) in [6.07, 6.45) is 25.0. The summed E-state index contributed by atoms with van der Waals surface area (Å²) in [6.45, 7) is 14.4. The van der Waals surface area contributed by atoms with Crippen LogP contribution in [0.25, 0.3) is 0 Å². The molecule has 3 aliphatic rings. The van der Waals surface area contributed by atoms with E-state index < -0.39 is 0 Å². The van der Waals surface area contributed by atoms with Gasteiger partial charge in [-0.1, -0.05) is 97.3 Å². The zero-order valence-corrected chi connectivity index (χ0v) is 22.9. The maximum atomic E-state index is 6.38. The Morgan fingerprint density at radius 1 is 0.562 bits per heavy atom. The molecule has 1 heterocycles. The minimum Gasteiger partial charge on any atom is -0.370 e. The molecule has 32 heavy (non-hydrogen) atoms. The van der Waals surface area contributed by atoms with Gasteiger partial charge in [-0.3, -0.25) is 0 Å². The summed E-state index contributed by atoms with van der Waals surface area (Å²) in [6, 6.07) is 0. The van der Waals surface area contributed by atoms with Crippen LogP contribution in [0.15, 0.2) is 0 Å². The molecule has 1 nitrogen and oxygen atoms in total. The van der Waals surface area contributed by atoms with Gasteiger partial charge in [0, 0.05) is 0 Å². The van der Waals surface area contributed by atoms with Gasteiger partial charge >= 0.3 is 0 Å². The van der Waals surface area contributed by atoms with Crippen LogP contribution in [0.3, 0.4) is 0 Å². The minimum atomic E-state index is 0.0415. The van der Waals surface area contributed by atoms with Crippen molar-refractivity contribution in [1.29, 1.82) is 0 Å². The van der Waals surface area contributed by atoms with E-state index >= 15 is 0 Å². The fraction of sp³-hybridized carbons (Fsp3) is 1.00. The van der Waals surface area contributed by atoms with Crippen molar-refractivity contribution in [2.75, 3.05) is 0 Å². The van der Waals surface area contributed by atoms with Crippen LogP contribution in [0.2, 0.25) is 0 Å². The number of hydrogen-bond donors (Lipinski definition) is 0. The van der Waals surface area contributed by atoms with Crippen molar-refractivity contribution in [2.24, 2.45) is 35.5 Å². The average molecular weight is 447 g/mol. The highest BCUT2D eigenvalue weighted by atomic mass is 16.5. The van der Waals surface area contributed by atoms with Crippen LogP contribution >= 0.6 is 0 Å². The summed E-state index contributed by atoms with van der Waals surface area (Å²) in [5.74, 6) is 5.64. The average Bonchev–Trinajstić information content (AvgIpc) is 2.88. The summed E-state index contributed by atoms with van der Waals surface area (Å²) in [5.41, 5.74) is 0.0829. The normalized spacial score (nSPS) is 32.8. The van der Waals surface area contributed by atoms with Crippen LogP contribution < -0.4 is 0 Å². The lowest BCUT2D eigenvalue weighted by molar-refractivity contribution is -0.179. The standard InChI is InChI=1S/C31H58O/c1-24(20-26-14-9-7-8-10-15-26)28-18-12-11-16-27(17-13-19-28)21-25(2)29-22-30(3,4)32-31(5,6)23-29/h24-29H,7-23H2,1-6H3. The molecular weight excluding hydrogens is 388 g/mol. The van der Waals surface area contributed by atoms with Gasteiger partial charge in [0.25, 0.3) is 0 Å². The van der Waals surface area contributed by atoms with E-state index in [0.717, 1.165) is 35.5 Å². The lowest BCUT2D eigenvalue weighted by Crippen LogP contribution is -2.46. The number of hydrogen-bond acceptors (Lipinski definition) is 1. The zero-order chi connectivity index (χ0) is 23.2. The summed E-state index contributed by atoms with van der Waals surface area (Å²) < 4.78 is 6.38. The molecule has 0 aromatic carbocycles. The monoisotopic (exact) mass is 446 g/mol. The fourth-order valence-electron chi connectivity index (χ4n) is 8.21. The third-order valence-electron chi connectivity index (χ3n) is 9.68. The summed E-state index contributed by atoms with van der Waals surface area (Å²) in [7, 11) is 0. The molecule has 4 atom stereocenters. The Hall–Kier alpha value is -0.0400. The second-order valence-electron chi connectivity index (χ2n) is 13.9. The third-order valence-corrected chi connectivity index (χ3v) is 9.68. The van der Waals surface area contributed by atoms with Gasteiger partial charge in [0.15, 0.2) is 0 Å². The molecule has 1 aliphatic heterocycles. The Kier molecular flexibility index (Phi) is 10.0. The van der Waals surface area contributed by atoms with Crippen LogP contribution in [0.1, 0.15) is 151 Å². The molecular formula is C31H58O. The van der Waals surface area contributed by atoms with E-state index in [4.69, 9.17) is 4.74 Å². The highest BCUT2D eigenvalue weighted by molar-refractivity contribution is 4.90. The fourth-order valence-corrected chi connectivity index (χ4v) is 8.21. The Morgan fingerprint density at radius 2 is 0.969 bits per heavy atom. The van der Waals surface area contributed by atoms with Crippen LogP contribution in [0, 0.1) is 35.5 Å². The van der Waals surface area contributed by atoms with E-state index in [-0.39, 0.29) is 11.2 Å². The predicted octanol–water partition coefficient (Wildman–Crippen LogP) is 9.97. The van der Waals surface area contributed by atoms with Crippen molar-refractivity contribution in [3.63, 3.8) is 0 Å². The van der Waals surface area contributed by atoms with E-state index in [9.17, 15) is 0 Å². The molecule has 4 unspecified atom stereocenters. The van der Waals surface area contributed by atoms with E-state index in [2.05, 4.69) is 41.5 Å². The molecule has 0 bridgehead atoms. The summed E-state index contributed by atoms with van der Waals surface area (Å²) in [4.78, 5) is 0.